The van der Waals surface area contributed by atoms with Crippen molar-refractivity contribution in [3.63, 3.8) is 0 Å². The smallest absolute Gasteiger partial charge is 0.310 e. The molecule has 25 heavy (non-hydrogen) atoms. The number of hydrogen-bond acceptors (Lipinski definition) is 3. The first-order valence-corrected chi connectivity index (χ1v) is 7.81. The maximum atomic E-state index is 14.7. The summed E-state index contributed by atoms with van der Waals surface area (Å²) in [5.74, 6) is -1.24. The Labute approximate surface area is 150 Å². The summed E-state index contributed by atoms with van der Waals surface area (Å²) in [5, 5.41) is 0.0541. The fraction of sp³-hybridized carbons (Fsp3) is 0.158. The van der Waals surface area contributed by atoms with Crippen LogP contribution >= 0.6 is 11.6 Å². The third kappa shape index (κ3) is 4.59. The van der Waals surface area contributed by atoms with Crippen molar-refractivity contribution in [1.29, 1.82) is 0 Å². The van der Waals surface area contributed by atoms with Gasteiger partial charge in [0, 0.05) is 5.56 Å². The van der Waals surface area contributed by atoms with Crippen LogP contribution < -0.4 is 4.74 Å². The quantitative estimate of drug-likeness (QED) is 0.500. The van der Waals surface area contributed by atoms with Gasteiger partial charge < -0.3 is 9.47 Å². The monoisotopic (exact) mass is 359 g/mol. The summed E-state index contributed by atoms with van der Waals surface area (Å²) in [6.07, 6.45) is 1.32. The first-order valence-electron chi connectivity index (χ1n) is 7.43. The highest BCUT2D eigenvalue weighted by Gasteiger charge is 2.18. The Morgan fingerprint density at radius 1 is 1.40 bits per heavy atom. The average Bonchev–Trinajstić information content (AvgIpc) is 2.61. The van der Waals surface area contributed by atoms with Crippen LogP contribution in [0.5, 0.6) is 11.5 Å². The molecule has 2 aromatic rings. The molecule has 0 amide bonds. The van der Waals surface area contributed by atoms with Gasteiger partial charge in [0.15, 0.2) is 17.3 Å². The summed E-state index contributed by atoms with van der Waals surface area (Å²) >= 11 is 6.03. The Hall–Kier alpha value is -2.84. The van der Waals surface area contributed by atoms with Crippen molar-refractivity contribution in [3.05, 3.63) is 70.3 Å². The summed E-state index contributed by atoms with van der Waals surface area (Å²) in [6, 6.07) is 7.55. The molecule has 0 aliphatic carbocycles. The minimum absolute atomic E-state index is 0.0541. The molecule has 128 valence electrons. The Morgan fingerprint density at radius 3 is 2.80 bits per heavy atom. The molecule has 0 atom stereocenters. The van der Waals surface area contributed by atoms with Gasteiger partial charge in [0.05, 0.1) is 24.6 Å². The van der Waals surface area contributed by atoms with Crippen LogP contribution in [0, 0.1) is 12.4 Å². The lowest BCUT2D eigenvalue weighted by atomic mass is 10.1. The zero-order chi connectivity index (χ0) is 18.4. The molecule has 0 saturated heterocycles. The summed E-state index contributed by atoms with van der Waals surface area (Å²) in [7, 11) is 0. The molecular weight excluding hydrogens is 345 g/mol. The van der Waals surface area contributed by atoms with Gasteiger partial charge in [-0.05, 0) is 36.8 Å². The molecule has 0 unspecified atom stereocenters. The number of carbonyl (C=O) groups is 1. The minimum atomic E-state index is -0.742. The van der Waals surface area contributed by atoms with Gasteiger partial charge >= 0.3 is 5.97 Å². The van der Waals surface area contributed by atoms with E-state index in [-0.39, 0.29) is 35.1 Å². The van der Waals surface area contributed by atoms with Gasteiger partial charge in [-0.15, -0.1) is 0 Å². The predicted molar refractivity (Wildman–Crippen MR) is 94.6 cm³/mol. The molecule has 0 radical (unpaired) electrons. The zero-order valence-electron chi connectivity index (χ0n) is 13.5. The van der Waals surface area contributed by atoms with Crippen LogP contribution in [0.3, 0.4) is 0 Å². The Balaban J connectivity index is 2.38. The van der Waals surface area contributed by atoms with Crippen LogP contribution in [-0.4, -0.2) is 12.6 Å². The van der Waals surface area contributed by atoms with Gasteiger partial charge in [0.2, 0.25) is 0 Å². The molecule has 6 heteroatoms. The number of ether oxygens (including phenoxy) is 2. The molecule has 0 heterocycles. The van der Waals surface area contributed by atoms with Gasteiger partial charge in [0.1, 0.15) is 5.75 Å². The predicted octanol–water partition coefficient (Wildman–Crippen LogP) is 5.57. The summed E-state index contributed by atoms with van der Waals surface area (Å²) in [4.78, 5) is 14.9. The zero-order valence-corrected chi connectivity index (χ0v) is 14.3. The second-order valence-corrected chi connectivity index (χ2v) is 5.42. The molecular formula is C19H15ClFNO3. The van der Waals surface area contributed by atoms with Crippen LogP contribution in [0.25, 0.3) is 10.9 Å². The topological polar surface area (TPSA) is 39.9 Å². The summed E-state index contributed by atoms with van der Waals surface area (Å²) in [5.41, 5.74) is 1.09. The SMILES string of the molecule is [C-]#[N+]c1cc(C=C)cc(Oc2c(Cl)ccc(CC(=O)OCC)c2F)c1. The van der Waals surface area contributed by atoms with Gasteiger partial charge in [-0.25, -0.2) is 9.24 Å². The number of rotatable bonds is 6. The average molecular weight is 360 g/mol. The van der Waals surface area contributed by atoms with Crippen molar-refractivity contribution in [2.24, 2.45) is 0 Å². The highest BCUT2D eigenvalue weighted by molar-refractivity contribution is 6.32. The Bertz CT molecular complexity index is 858. The molecule has 0 saturated carbocycles. The molecule has 0 fully saturated rings. The second-order valence-electron chi connectivity index (χ2n) is 5.01. The highest BCUT2D eigenvalue weighted by atomic mass is 35.5. The Kier molecular flexibility index (Phi) is 6.15. The largest absolute Gasteiger partial charge is 0.466 e. The molecule has 2 aromatic carbocycles. The molecule has 0 aromatic heterocycles. The molecule has 4 nitrogen and oxygen atoms in total. The highest BCUT2D eigenvalue weighted by Crippen LogP contribution is 2.36. The van der Waals surface area contributed by atoms with E-state index < -0.39 is 11.8 Å². The summed E-state index contributed by atoms with van der Waals surface area (Å²) < 4.78 is 25.1. The number of halogens is 2. The second kappa shape index (κ2) is 8.32. The lowest BCUT2D eigenvalue weighted by Gasteiger charge is -2.12. The van der Waals surface area contributed by atoms with E-state index in [1.165, 1.54) is 18.2 Å². The van der Waals surface area contributed by atoms with Crippen LogP contribution in [0.1, 0.15) is 18.1 Å². The minimum Gasteiger partial charge on any atom is -0.466 e. The third-order valence-electron chi connectivity index (χ3n) is 3.27. The van der Waals surface area contributed by atoms with Crippen molar-refractivity contribution in [2.45, 2.75) is 13.3 Å². The normalized spacial score (nSPS) is 10.0. The maximum absolute atomic E-state index is 14.7. The van der Waals surface area contributed by atoms with Gasteiger partial charge in [0.25, 0.3) is 0 Å². The van der Waals surface area contributed by atoms with Crippen LogP contribution in [-0.2, 0) is 16.0 Å². The lowest BCUT2D eigenvalue weighted by molar-refractivity contribution is -0.142. The van der Waals surface area contributed by atoms with Crippen molar-refractivity contribution in [3.8, 4) is 11.5 Å². The fourth-order valence-corrected chi connectivity index (χ4v) is 2.32. The van der Waals surface area contributed by atoms with E-state index in [1.807, 2.05) is 0 Å². The number of benzene rings is 2. The standard InChI is InChI=1S/C19H15ClFNO3/c1-4-12-8-14(22-3)11-15(9-12)25-19-16(20)7-6-13(18(19)21)10-17(23)24-5-2/h4,6-9,11H,1,5,10H2,2H3. The molecule has 0 aliphatic rings. The molecule has 0 aliphatic heterocycles. The molecule has 0 bridgehead atoms. The van der Waals surface area contributed by atoms with Gasteiger partial charge in [-0.1, -0.05) is 30.3 Å². The van der Waals surface area contributed by atoms with Gasteiger partial charge in [-0.2, -0.15) is 0 Å². The van der Waals surface area contributed by atoms with E-state index in [9.17, 15) is 9.18 Å². The molecule has 0 N–H and O–H groups in total. The third-order valence-corrected chi connectivity index (χ3v) is 3.57. The summed E-state index contributed by atoms with van der Waals surface area (Å²) in [6.45, 7) is 12.6. The van der Waals surface area contributed by atoms with E-state index in [1.54, 1.807) is 25.1 Å². The van der Waals surface area contributed by atoms with Crippen LogP contribution in [0.4, 0.5) is 10.1 Å². The van der Waals surface area contributed by atoms with E-state index in [0.717, 1.165) is 0 Å². The van der Waals surface area contributed by atoms with E-state index >= 15 is 0 Å². The lowest BCUT2D eigenvalue weighted by Crippen LogP contribution is -2.09. The van der Waals surface area contributed by atoms with Crippen molar-refractivity contribution >= 4 is 29.3 Å². The molecule has 0 spiro atoms. The van der Waals surface area contributed by atoms with Gasteiger partial charge in [-0.3, -0.25) is 4.79 Å². The van der Waals surface area contributed by atoms with E-state index in [2.05, 4.69) is 11.4 Å². The van der Waals surface area contributed by atoms with E-state index in [4.69, 9.17) is 27.6 Å². The maximum Gasteiger partial charge on any atom is 0.310 e. The number of esters is 1. The van der Waals surface area contributed by atoms with Crippen molar-refractivity contribution < 1.29 is 18.7 Å². The Morgan fingerprint density at radius 2 is 2.16 bits per heavy atom. The van der Waals surface area contributed by atoms with Crippen LogP contribution in [0.2, 0.25) is 5.02 Å². The van der Waals surface area contributed by atoms with Crippen LogP contribution in [0.15, 0.2) is 36.9 Å². The fourth-order valence-electron chi connectivity index (χ4n) is 2.14. The first-order chi connectivity index (χ1) is 12.0. The number of hydrogen-bond donors (Lipinski definition) is 0. The van der Waals surface area contributed by atoms with Crippen molar-refractivity contribution in [1.82, 2.24) is 0 Å². The van der Waals surface area contributed by atoms with E-state index in [0.29, 0.717) is 11.3 Å². The molecule has 2 rings (SSSR count). The number of nitrogens with zero attached hydrogens (tertiary/aromatic N) is 1. The number of carbonyl (C=O) groups excluding carboxylic acids is 1. The first kappa shape index (κ1) is 18.5. The van der Waals surface area contributed by atoms with Crippen molar-refractivity contribution in [2.75, 3.05) is 6.61 Å².